The average molecular weight is 298 g/mol. The SMILES string of the molecule is Clc1cccc(NC2CCC3CCCCC3C2)c1Cl. The summed E-state index contributed by atoms with van der Waals surface area (Å²) in [6.07, 6.45) is 9.69. The predicted molar refractivity (Wildman–Crippen MR) is 83.2 cm³/mol. The zero-order valence-electron chi connectivity index (χ0n) is 11.2. The maximum atomic E-state index is 6.26. The first-order valence-corrected chi connectivity index (χ1v) is 8.20. The van der Waals surface area contributed by atoms with E-state index in [1.807, 2.05) is 18.2 Å². The number of nitrogens with one attached hydrogen (secondary N) is 1. The summed E-state index contributed by atoms with van der Waals surface area (Å²) in [6.45, 7) is 0. The quantitative estimate of drug-likeness (QED) is 0.731. The standard InChI is InChI=1S/C16H21Cl2N/c17-14-6-3-7-15(16(14)18)19-13-9-8-11-4-1-2-5-12(11)10-13/h3,6-7,11-13,19H,1-2,4-5,8-10H2. The molecule has 1 nitrogen and oxygen atoms in total. The van der Waals surface area contributed by atoms with Crippen LogP contribution in [0.1, 0.15) is 44.9 Å². The second-order valence-corrected chi connectivity index (χ2v) is 6.85. The van der Waals surface area contributed by atoms with Gasteiger partial charge in [0.05, 0.1) is 15.7 Å². The van der Waals surface area contributed by atoms with E-state index in [2.05, 4.69) is 5.32 Å². The second-order valence-electron chi connectivity index (χ2n) is 6.06. The van der Waals surface area contributed by atoms with Crippen LogP contribution >= 0.6 is 23.2 Å². The van der Waals surface area contributed by atoms with Crippen LogP contribution < -0.4 is 5.32 Å². The Kier molecular flexibility index (Phi) is 4.24. The second kappa shape index (κ2) is 5.93. The molecule has 2 aliphatic carbocycles. The van der Waals surface area contributed by atoms with Gasteiger partial charge < -0.3 is 5.32 Å². The molecular weight excluding hydrogens is 277 g/mol. The van der Waals surface area contributed by atoms with Crippen molar-refractivity contribution in [3.8, 4) is 0 Å². The first-order valence-electron chi connectivity index (χ1n) is 7.44. The fraction of sp³-hybridized carbons (Fsp3) is 0.625. The summed E-state index contributed by atoms with van der Waals surface area (Å²) in [5.74, 6) is 1.92. The van der Waals surface area contributed by atoms with Crippen LogP contribution in [0.3, 0.4) is 0 Å². The summed E-state index contributed by atoms with van der Waals surface area (Å²) in [5.41, 5.74) is 0.994. The Hall–Kier alpha value is -0.400. The maximum absolute atomic E-state index is 6.26. The highest BCUT2D eigenvalue weighted by Gasteiger charge is 2.32. The smallest absolute Gasteiger partial charge is 0.0823 e. The fourth-order valence-electron chi connectivity index (χ4n) is 3.84. The summed E-state index contributed by atoms with van der Waals surface area (Å²) in [4.78, 5) is 0. The van der Waals surface area contributed by atoms with Gasteiger partial charge in [-0.2, -0.15) is 0 Å². The fourth-order valence-corrected chi connectivity index (χ4v) is 4.19. The van der Waals surface area contributed by atoms with Crippen LogP contribution in [0.25, 0.3) is 0 Å². The van der Waals surface area contributed by atoms with Gasteiger partial charge in [-0.05, 0) is 43.2 Å². The lowest BCUT2D eigenvalue weighted by Crippen LogP contribution is -2.34. The highest BCUT2D eigenvalue weighted by molar-refractivity contribution is 6.43. The molecule has 19 heavy (non-hydrogen) atoms. The Morgan fingerprint density at radius 2 is 1.74 bits per heavy atom. The van der Waals surface area contributed by atoms with Crippen molar-refractivity contribution in [2.75, 3.05) is 5.32 Å². The molecule has 0 aromatic heterocycles. The maximum Gasteiger partial charge on any atom is 0.0823 e. The lowest BCUT2D eigenvalue weighted by molar-refractivity contribution is 0.162. The topological polar surface area (TPSA) is 12.0 Å². The van der Waals surface area contributed by atoms with Crippen LogP contribution in [-0.2, 0) is 0 Å². The number of fused-ring (bicyclic) bond motifs is 1. The molecule has 1 N–H and O–H groups in total. The number of anilines is 1. The highest BCUT2D eigenvalue weighted by Crippen LogP contribution is 2.41. The summed E-state index contributed by atoms with van der Waals surface area (Å²) >= 11 is 12.3. The van der Waals surface area contributed by atoms with Crippen molar-refractivity contribution in [1.82, 2.24) is 0 Å². The lowest BCUT2D eigenvalue weighted by atomic mass is 9.69. The zero-order valence-corrected chi connectivity index (χ0v) is 12.7. The molecule has 0 aliphatic heterocycles. The third-order valence-electron chi connectivity index (χ3n) is 4.85. The molecule has 104 valence electrons. The first-order chi connectivity index (χ1) is 9.24. The van der Waals surface area contributed by atoms with Crippen molar-refractivity contribution < 1.29 is 0 Å². The van der Waals surface area contributed by atoms with Gasteiger partial charge in [0, 0.05) is 6.04 Å². The molecule has 1 aromatic carbocycles. The van der Waals surface area contributed by atoms with E-state index in [0.717, 1.165) is 17.5 Å². The molecule has 0 saturated heterocycles. The van der Waals surface area contributed by atoms with Gasteiger partial charge in [-0.1, -0.05) is 55.0 Å². The Morgan fingerprint density at radius 3 is 2.58 bits per heavy atom. The summed E-state index contributed by atoms with van der Waals surface area (Å²) in [7, 11) is 0. The lowest BCUT2D eigenvalue weighted by Gasteiger charge is -2.40. The minimum absolute atomic E-state index is 0.565. The van der Waals surface area contributed by atoms with E-state index in [9.17, 15) is 0 Å². The summed E-state index contributed by atoms with van der Waals surface area (Å²) in [6, 6.07) is 6.40. The first kappa shape index (κ1) is 13.6. The minimum Gasteiger partial charge on any atom is -0.381 e. The average Bonchev–Trinajstić information content (AvgIpc) is 2.44. The number of hydrogen-bond acceptors (Lipinski definition) is 1. The highest BCUT2D eigenvalue weighted by atomic mass is 35.5. The number of hydrogen-bond donors (Lipinski definition) is 1. The van der Waals surface area contributed by atoms with E-state index in [4.69, 9.17) is 23.2 Å². The molecule has 0 radical (unpaired) electrons. The number of rotatable bonds is 2. The van der Waals surface area contributed by atoms with Crippen LogP contribution in [0, 0.1) is 11.8 Å². The van der Waals surface area contributed by atoms with Crippen LogP contribution in [0.15, 0.2) is 18.2 Å². The molecule has 0 bridgehead atoms. The molecule has 0 amide bonds. The Balaban J connectivity index is 1.66. The minimum atomic E-state index is 0.565. The predicted octanol–water partition coefficient (Wildman–Crippen LogP) is 5.76. The Bertz CT molecular complexity index is 446. The van der Waals surface area contributed by atoms with Crippen molar-refractivity contribution in [2.24, 2.45) is 11.8 Å². The Morgan fingerprint density at radius 1 is 0.947 bits per heavy atom. The van der Waals surface area contributed by atoms with E-state index < -0.39 is 0 Å². The van der Waals surface area contributed by atoms with E-state index in [1.54, 1.807) is 0 Å². The van der Waals surface area contributed by atoms with Gasteiger partial charge in [-0.15, -0.1) is 0 Å². The van der Waals surface area contributed by atoms with E-state index in [-0.39, 0.29) is 0 Å². The molecule has 1 aromatic rings. The van der Waals surface area contributed by atoms with Crippen molar-refractivity contribution in [3.05, 3.63) is 28.2 Å². The third kappa shape index (κ3) is 3.03. The molecule has 0 spiro atoms. The molecule has 3 unspecified atom stereocenters. The van der Waals surface area contributed by atoms with Gasteiger partial charge in [0.25, 0.3) is 0 Å². The van der Waals surface area contributed by atoms with Crippen LogP contribution in [0.2, 0.25) is 10.0 Å². The molecule has 2 aliphatic rings. The molecule has 0 heterocycles. The van der Waals surface area contributed by atoms with Crippen molar-refractivity contribution in [2.45, 2.75) is 51.0 Å². The van der Waals surface area contributed by atoms with E-state index in [0.29, 0.717) is 16.1 Å². The largest absolute Gasteiger partial charge is 0.381 e. The molecule has 3 atom stereocenters. The number of benzene rings is 1. The normalized spacial score (nSPS) is 30.7. The molecule has 3 rings (SSSR count). The van der Waals surface area contributed by atoms with Crippen LogP contribution in [0.4, 0.5) is 5.69 Å². The van der Waals surface area contributed by atoms with Gasteiger partial charge in [0.2, 0.25) is 0 Å². The third-order valence-corrected chi connectivity index (χ3v) is 5.67. The molecule has 2 saturated carbocycles. The van der Waals surface area contributed by atoms with Crippen molar-refractivity contribution in [3.63, 3.8) is 0 Å². The Labute approximate surface area is 125 Å². The van der Waals surface area contributed by atoms with Gasteiger partial charge in [0.15, 0.2) is 0 Å². The van der Waals surface area contributed by atoms with Gasteiger partial charge in [0.1, 0.15) is 0 Å². The van der Waals surface area contributed by atoms with Crippen molar-refractivity contribution >= 4 is 28.9 Å². The van der Waals surface area contributed by atoms with Crippen molar-refractivity contribution in [1.29, 1.82) is 0 Å². The molecule has 3 heteroatoms. The number of halogens is 2. The van der Waals surface area contributed by atoms with Gasteiger partial charge >= 0.3 is 0 Å². The summed E-state index contributed by atoms with van der Waals surface area (Å²) in [5, 5.41) is 4.91. The van der Waals surface area contributed by atoms with Gasteiger partial charge in [-0.3, -0.25) is 0 Å². The van der Waals surface area contributed by atoms with E-state index in [1.165, 1.54) is 44.9 Å². The van der Waals surface area contributed by atoms with E-state index >= 15 is 0 Å². The van der Waals surface area contributed by atoms with Crippen LogP contribution in [0.5, 0.6) is 0 Å². The molecule has 2 fully saturated rings. The van der Waals surface area contributed by atoms with Gasteiger partial charge in [-0.25, -0.2) is 0 Å². The van der Waals surface area contributed by atoms with Crippen LogP contribution in [-0.4, -0.2) is 6.04 Å². The monoisotopic (exact) mass is 297 g/mol. The summed E-state index contributed by atoms with van der Waals surface area (Å²) < 4.78 is 0. The zero-order chi connectivity index (χ0) is 13.2. The molecular formula is C16H21Cl2N.